The Morgan fingerprint density at radius 2 is 1.66 bits per heavy atom. The number of carbonyl (C=O) groups is 1. The van der Waals surface area contributed by atoms with Crippen molar-refractivity contribution in [2.24, 2.45) is 46.3 Å². The number of unbranched alkanes of at least 4 members (excludes halogenated alkanes) is 1. The summed E-state index contributed by atoms with van der Waals surface area (Å²) in [5.41, 5.74) is 10.3. The molecule has 44 heavy (non-hydrogen) atoms. The SMILES string of the molecule is CC(C)CCC[C@@H](C)[C@H]1CC[C@H]2[C@@H]3CC=C4C[C@@H](OC(=O)N(CCC[NH3+])CCCCOCCC[NH3+])CC[C@]4(C)[C@H]3CC[C@]12C. The Labute approximate surface area is 270 Å². The van der Waals surface area contributed by atoms with Crippen LogP contribution in [-0.2, 0) is 9.47 Å². The quantitative estimate of drug-likeness (QED) is 0.137. The molecule has 254 valence electrons. The molecule has 6 N–H and O–H groups in total. The molecular formula is C38H71N3O3+2. The highest BCUT2D eigenvalue weighted by atomic mass is 16.6. The second-order valence-electron chi connectivity index (χ2n) is 16.3. The lowest BCUT2D eigenvalue weighted by Gasteiger charge is -2.58. The Hall–Kier alpha value is -1.11. The van der Waals surface area contributed by atoms with Crippen LogP contribution in [0.3, 0.4) is 0 Å². The molecule has 0 aromatic heterocycles. The van der Waals surface area contributed by atoms with Crippen molar-refractivity contribution in [2.75, 3.05) is 39.4 Å². The van der Waals surface area contributed by atoms with Gasteiger partial charge in [-0.15, -0.1) is 0 Å². The van der Waals surface area contributed by atoms with Gasteiger partial charge in [0.1, 0.15) is 6.10 Å². The first-order valence-electron chi connectivity index (χ1n) is 18.9. The van der Waals surface area contributed by atoms with Gasteiger partial charge in [-0.3, -0.25) is 0 Å². The van der Waals surface area contributed by atoms with E-state index in [1.54, 1.807) is 5.57 Å². The summed E-state index contributed by atoms with van der Waals surface area (Å²) in [6.07, 6.45) is 20.6. The highest BCUT2D eigenvalue weighted by Gasteiger charge is 2.59. The fourth-order valence-electron chi connectivity index (χ4n) is 10.4. The summed E-state index contributed by atoms with van der Waals surface area (Å²) in [4.78, 5) is 15.3. The van der Waals surface area contributed by atoms with E-state index in [1.165, 1.54) is 57.8 Å². The van der Waals surface area contributed by atoms with E-state index < -0.39 is 0 Å². The van der Waals surface area contributed by atoms with Crippen molar-refractivity contribution in [1.29, 1.82) is 0 Å². The number of hydrogen-bond donors (Lipinski definition) is 2. The van der Waals surface area contributed by atoms with Gasteiger partial charge in [-0.25, -0.2) is 4.79 Å². The molecule has 0 saturated heterocycles. The highest BCUT2D eigenvalue weighted by Crippen LogP contribution is 2.67. The molecule has 4 aliphatic rings. The number of hydrogen-bond acceptors (Lipinski definition) is 3. The Morgan fingerprint density at radius 1 is 0.909 bits per heavy atom. The number of carbonyl (C=O) groups excluding carboxylic acids is 1. The van der Waals surface area contributed by atoms with Gasteiger partial charge in [0.25, 0.3) is 0 Å². The minimum absolute atomic E-state index is 0.0167. The van der Waals surface area contributed by atoms with Crippen LogP contribution in [0.2, 0.25) is 0 Å². The largest absolute Gasteiger partial charge is 0.446 e. The van der Waals surface area contributed by atoms with Gasteiger partial charge in [-0.1, -0.05) is 65.5 Å². The van der Waals surface area contributed by atoms with Gasteiger partial charge >= 0.3 is 6.09 Å². The van der Waals surface area contributed by atoms with Crippen molar-refractivity contribution in [1.82, 2.24) is 4.90 Å². The van der Waals surface area contributed by atoms with Crippen LogP contribution >= 0.6 is 0 Å². The summed E-state index contributed by atoms with van der Waals surface area (Å²) >= 11 is 0. The molecule has 0 radical (unpaired) electrons. The fraction of sp³-hybridized carbons (Fsp3) is 0.921. The summed E-state index contributed by atoms with van der Waals surface area (Å²) in [5, 5.41) is 0. The maximum Gasteiger partial charge on any atom is 0.410 e. The van der Waals surface area contributed by atoms with Gasteiger partial charge in [0.05, 0.1) is 19.7 Å². The predicted octanol–water partition coefficient (Wildman–Crippen LogP) is 6.90. The maximum absolute atomic E-state index is 13.4. The summed E-state index contributed by atoms with van der Waals surface area (Å²) in [6, 6.07) is 0. The molecule has 4 aliphatic carbocycles. The zero-order valence-electron chi connectivity index (χ0n) is 29.6. The van der Waals surface area contributed by atoms with Crippen molar-refractivity contribution in [2.45, 2.75) is 137 Å². The van der Waals surface area contributed by atoms with E-state index in [2.05, 4.69) is 52.2 Å². The zero-order chi connectivity index (χ0) is 31.7. The fourth-order valence-corrected chi connectivity index (χ4v) is 10.4. The third-order valence-electron chi connectivity index (χ3n) is 13.0. The number of amides is 1. The number of nitrogens with zero attached hydrogens (tertiary/aromatic N) is 1. The van der Waals surface area contributed by atoms with Crippen LogP contribution in [0.5, 0.6) is 0 Å². The first-order valence-corrected chi connectivity index (χ1v) is 18.9. The van der Waals surface area contributed by atoms with Crippen LogP contribution in [0, 0.1) is 46.3 Å². The molecule has 0 spiro atoms. The minimum Gasteiger partial charge on any atom is -0.446 e. The summed E-state index contributed by atoms with van der Waals surface area (Å²) in [7, 11) is 0. The van der Waals surface area contributed by atoms with E-state index >= 15 is 0 Å². The molecule has 6 nitrogen and oxygen atoms in total. The average molecular weight is 618 g/mol. The molecule has 0 unspecified atom stereocenters. The van der Waals surface area contributed by atoms with Crippen LogP contribution in [0.1, 0.15) is 131 Å². The lowest BCUT2D eigenvalue weighted by atomic mass is 9.47. The van der Waals surface area contributed by atoms with E-state index in [1.807, 2.05) is 4.90 Å². The first-order chi connectivity index (χ1) is 21.1. The summed E-state index contributed by atoms with van der Waals surface area (Å²) in [6.45, 7) is 17.4. The lowest BCUT2D eigenvalue weighted by molar-refractivity contribution is -0.369. The third kappa shape index (κ3) is 8.42. The van der Waals surface area contributed by atoms with E-state index in [0.29, 0.717) is 5.41 Å². The molecule has 0 bridgehead atoms. The van der Waals surface area contributed by atoms with Crippen molar-refractivity contribution in [3.8, 4) is 0 Å². The molecule has 0 aromatic rings. The van der Waals surface area contributed by atoms with E-state index in [4.69, 9.17) is 9.47 Å². The normalized spacial score (nSPS) is 33.7. The number of rotatable bonds is 17. The minimum atomic E-state index is -0.118. The number of ether oxygens (including phenoxy) is 2. The second kappa shape index (κ2) is 16.6. The van der Waals surface area contributed by atoms with Crippen LogP contribution < -0.4 is 11.5 Å². The van der Waals surface area contributed by atoms with Crippen LogP contribution in [0.15, 0.2) is 11.6 Å². The van der Waals surface area contributed by atoms with Crippen molar-refractivity contribution in [3.05, 3.63) is 11.6 Å². The smallest absolute Gasteiger partial charge is 0.410 e. The Morgan fingerprint density at radius 3 is 2.41 bits per heavy atom. The molecule has 4 rings (SSSR count). The van der Waals surface area contributed by atoms with Gasteiger partial charge < -0.3 is 25.8 Å². The second-order valence-corrected chi connectivity index (χ2v) is 16.3. The topological polar surface area (TPSA) is 94.0 Å². The van der Waals surface area contributed by atoms with Gasteiger partial charge in [-0.2, -0.15) is 0 Å². The molecule has 1 amide bonds. The predicted molar refractivity (Wildman–Crippen MR) is 180 cm³/mol. The van der Waals surface area contributed by atoms with Crippen LogP contribution in [-0.4, -0.2) is 56.5 Å². The van der Waals surface area contributed by atoms with E-state index in [9.17, 15) is 4.79 Å². The molecule has 8 atom stereocenters. The molecular weight excluding hydrogens is 546 g/mol. The summed E-state index contributed by atoms with van der Waals surface area (Å²) < 4.78 is 11.9. The maximum atomic E-state index is 13.4. The number of fused-ring (bicyclic) bond motifs is 5. The number of allylic oxidation sites excluding steroid dienone is 1. The van der Waals surface area contributed by atoms with E-state index in [-0.39, 0.29) is 17.6 Å². The molecule has 6 heteroatoms. The Balaban J connectivity index is 1.32. The van der Waals surface area contributed by atoms with E-state index in [0.717, 1.165) is 113 Å². The first kappa shape index (κ1) is 35.7. The van der Waals surface area contributed by atoms with Crippen LogP contribution in [0.4, 0.5) is 4.79 Å². The van der Waals surface area contributed by atoms with Gasteiger partial charge in [-0.05, 0) is 104 Å². The molecule has 3 fully saturated rings. The molecule has 0 heterocycles. The Bertz CT molecular complexity index is 923. The van der Waals surface area contributed by atoms with Crippen molar-refractivity contribution >= 4 is 6.09 Å². The van der Waals surface area contributed by atoms with Crippen molar-refractivity contribution < 1.29 is 25.7 Å². The van der Waals surface area contributed by atoms with Gasteiger partial charge in [0.2, 0.25) is 0 Å². The molecule has 0 aliphatic heterocycles. The zero-order valence-corrected chi connectivity index (χ0v) is 29.6. The summed E-state index contributed by atoms with van der Waals surface area (Å²) in [5.74, 6) is 5.13. The monoisotopic (exact) mass is 618 g/mol. The standard InChI is InChI=1S/C38H69N3O3/c1-28(2)11-8-12-29(3)33-15-16-34-32-14-13-30-27-31(17-19-37(30,4)35(32)18-20-38(33,34)5)44-36(42)41(24-9-21-39)23-6-7-25-43-26-10-22-40/h13,28-29,31-35H,6-12,14-27,39-40H2,1-5H3/p+2/t29-,31+,32+,33-,34+,35+,37+,38-/m1/s1. The average Bonchev–Trinajstić information content (AvgIpc) is 3.35. The molecule has 3 saturated carbocycles. The molecule has 0 aromatic carbocycles. The van der Waals surface area contributed by atoms with Gasteiger partial charge in [0.15, 0.2) is 0 Å². The highest BCUT2D eigenvalue weighted by molar-refractivity contribution is 5.67. The van der Waals surface area contributed by atoms with Crippen molar-refractivity contribution in [3.63, 3.8) is 0 Å². The third-order valence-corrected chi connectivity index (χ3v) is 13.0. The number of quaternary nitrogens is 2. The van der Waals surface area contributed by atoms with Crippen LogP contribution in [0.25, 0.3) is 0 Å². The Kier molecular flexibility index (Phi) is 13.5. The van der Waals surface area contributed by atoms with Gasteiger partial charge in [0, 0.05) is 39.0 Å². The lowest BCUT2D eigenvalue weighted by Crippen LogP contribution is -2.52.